The van der Waals surface area contributed by atoms with Crippen LogP contribution >= 0.6 is 0 Å². The molecule has 0 unspecified atom stereocenters. The van der Waals surface area contributed by atoms with Crippen LogP contribution in [0.1, 0.15) is 5.56 Å². The van der Waals surface area contributed by atoms with Crippen LogP contribution in [0, 0.1) is 5.95 Å². The first-order valence-electron chi connectivity index (χ1n) is 5.97. The highest BCUT2D eigenvalue weighted by Gasteiger charge is 2.03. The first kappa shape index (κ1) is 12.3. The van der Waals surface area contributed by atoms with Crippen molar-refractivity contribution in [2.75, 3.05) is 0 Å². The van der Waals surface area contributed by atoms with E-state index >= 15 is 0 Å². The van der Waals surface area contributed by atoms with Gasteiger partial charge in [-0.15, -0.1) is 0 Å². The van der Waals surface area contributed by atoms with Gasteiger partial charge in [0.1, 0.15) is 17.9 Å². The van der Waals surface area contributed by atoms with Crippen LogP contribution in [0.15, 0.2) is 58.1 Å². The second-order valence-electron chi connectivity index (χ2n) is 4.22. The van der Waals surface area contributed by atoms with Crippen molar-refractivity contribution < 1.29 is 13.5 Å². The van der Waals surface area contributed by atoms with E-state index in [1.807, 2.05) is 0 Å². The Morgan fingerprint density at radius 1 is 1.20 bits per heavy atom. The van der Waals surface area contributed by atoms with Gasteiger partial charge >= 0.3 is 0 Å². The number of halogens is 1. The number of hydrogen-bond donors (Lipinski definition) is 0. The van der Waals surface area contributed by atoms with E-state index in [0.29, 0.717) is 16.7 Å². The highest BCUT2D eigenvalue weighted by atomic mass is 19.1. The Hall–Kier alpha value is -2.69. The van der Waals surface area contributed by atoms with E-state index in [4.69, 9.17) is 9.15 Å². The summed E-state index contributed by atoms with van der Waals surface area (Å²) in [5.41, 5.74) is 1.13. The van der Waals surface area contributed by atoms with Gasteiger partial charge in [-0.3, -0.25) is 4.79 Å². The average molecular weight is 271 g/mol. The molecule has 3 aromatic rings. The first-order valence-corrected chi connectivity index (χ1v) is 5.97. The molecule has 1 aromatic carbocycles. The van der Waals surface area contributed by atoms with Gasteiger partial charge in [-0.05, 0) is 30.3 Å². The van der Waals surface area contributed by atoms with Crippen molar-refractivity contribution in [3.05, 3.63) is 70.6 Å². The zero-order valence-corrected chi connectivity index (χ0v) is 10.4. The monoisotopic (exact) mass is 271 g/mol. The number of benzene rings is 1. The summed E-state index contributed by atoms with van der Waals surface area (Å²) in [4.78, 5) is 15.2. The lowest BCUT2D eigenvalue weighted by molar-refractivity contribution is 0.305. The predicted octanol–water partition coefficient (Wildman–Crippen LogP) is 2.91. The van der Waals surface area contributed by atoms with E-state index in [1.165, 1.54) is 24.6 Å². The maximum absolute atomic E-state index is 12.7. The highest BCUT2D eigenvalue weighted by Crippen LogP contribution is 2.19. The van der Waals surface area contributed by atoms with Gasteiger partial charge in [0.15, 0.2) is 5.43 Å². The van der Waals surface area contributed by atoms with Crippen LogP contribution in [-0.4, -0.2) is 4.98 Å². The molecule has 0 fully saturated rings. The average Bonchev–Trinajstić information content (AvgIpc) is 2.47. The molecule has 0 bridgehead atoms. The number of ether oxygens (including phenoxy) is 1. The fraction of sp³-hybridized carbons (Fsp3) is 0.0667. The minimum absolute atomic E-state index is 0.125. The highest BCUT2D eigenvalue weighted by molar-refractivity contribution is 5.77. The third-order valence-corrected chi connectivity index (χ3v) is 2.83. The van der Waals surface area contributed by atoms with E-state index in [1.54, 1.807) is 24.3 Å². The van der Waals surface area contributed by atoms with Gasteiger partial charge in [-0.1, -0.05) is 0 Å². The maximum Gasteiger partial charge on any atom is 0.212 e. The van der Waals surface area contributed by atoms with Crippen molar-refractivity contribution in [2.24, 2.45) is 0 Å². The minimum atomic E-state index is -0.530. The van der Waals surface area contributed by atoms with Gasteiger partial charge < -0.3 is 9.15 Å². The molecule has 0 saturated carbocycles. The number of pyridine rings is 1. The van der Waals surface area contributed by atoms with E-state index in [9.17, 15) is 9.18 Å². The quantitative estimate of drug-likeness (QED) is 0.687. The first-order chi connectivity index (χ1) is 9.72. The second-order valence-corrected chi connectivity index (χ2v) is 4.22. The molecule has 2 heterocycles. The standard InChI is InChI=1S/C15H10FNO3/c16-15-4-1-10(8-17-15)9-20-11-2-3-14-12(7-11)13(18)5-6-19-14/h1-8H,9H2. The lowest BCUT2D eigenvalue weighted by Crippen LogP contribution is -2.00. The van der Waals surface area contributed by atoms with Crippen LogP contribution in [0.5, 0.6) is 5.75 Å². The molecule has 0 aliphatic carbocycles. The zero-order chi connectivity index (χ0) is 13.9. The summed E-state index contributed by atoms with van der Waals surface area (Å²) >= 11 is 0. The number of hydrogen-bond acceptors (Lipinski definition) is 4. The van der Waals surface area contributed by atoms with E-state index in [-0.39, 0.29) is 12.0 Å². The molecule has 4 nitrogen and oxygen atoms in total. The summed E-state index contributed by atoms with van der Waals surface area (Å²) in [5, 5.41) is 0.460. The molecule has 0 aliphatic heterocycles. The Morgan fingerprint density at radius 2 is 2.10 bits per heavy atom. The SMILES string of the molecule is O=c1ccoc2ccc(OCc3ccc(F)nc3)cc12. The Bertz CT molecular complexity index is 796. The van der Waals surface area contributed by atoms with Crippen LogP contribution < -0.4 is 10.2 Å². The predicted molar refractivity (Wildman–Crippen MR) is 71.0 cm³/mol. The molecule has 0 N–H and O–H groups in total. The smallest absolute Gasteiger partial charge is 0.212 e. The van der Waals surface area contributed by atoms with Crippen LogP contribution in [0.2, 0.25) is 0 Å². The fourth-order valence-corrected chi connectivity index (χ4v) is 1.81. The third kappa shape index (κ3) is 2.51. The van der Waals surface area contributed by atoms with Gasteiger partial charge in [-0.2, -0.15) is 4.39 Å². The Balaban J connectivity index is 1.82. The number of fused-ring (bicyclic) bond motifs is 1. The molecule has 2 aromatic heterocycles. The summed E-state index contributed by atoms with van der Waals surface area (Å²) in [5.74, 6) is 0.0115. The molecule has 0 aliphatic rings. The number of rotatable bonds is 3. The fourth-order valence-electron chi connectivity index (χ4n) is 1.81. The molecule has 0 radical (unpaired) electrons. The molecular weight excluding hydrogens is 261 g/mol. The van der Waals surface area contributed by atoms with Crippen LogP contribution in [0.4, 0.5) is 4.39 Å². The Morgan fingerprint density at radius 3 is 2.90 bits per heavy atom. The normalized spacial score (nSPS) is 10.7. The number of nitrogens with zero attached hydrogens (tertiary/aromatic N) is 1. The van der Waals surface area contributed by atoms with Crippen molar-refractivity contribution in [1.29, 1.82) is 0 Å². The molecule has 0 saturated heterocycles. The van der Waals surface area contributed by atoms with Crippen molar-refractivity contribution >= 4 is 11.0 Å². The molecule has 0 atom stereocenters. The maximum atomic E-state index is 12.7. The zero-order valence-electron chi connectivity index (χ0n) is 10.4. The van der Waals surface area contributed by atoms with Gasteiger partial charge in [-0.25, -0.2) is 4.98 Å². The lowest BCUT2D eigenvalue weighted by atomic mass is 10.2. The van der Waals surface area contributed by atoms with E-state index in [2.05, 4.69) is 4.98 Å². The van der Waals surface area contributed by atoms with E-state index < -0.39 is 5.95 Å². The molecule has 5 heteroatoms. The molecule has 3 rings (SSSR count). The molecule has 20 heavy (non-hydrogen) atoms. The summed E-state index contributed by atoms with van der Waals surface area (Å²) in [6.45, 7) is 0.247. The minimum Gasteiger partial charge on any atom is -0.489 e. The van der Waals surface area contributed by atoms with Crippen molar-refractivity contribution in [2.45, 2.75) is 6.61 Å². The summed E-state index contributed by atoms with van der Waals surface area (Å²) in [7, 11) is 0. The van der Waals surface area contributed by atoms with Crippen molar-refractivity contribution in [3.63, 3.8) is 0 Å². The number of aromatic nitrogens is 1. The third-order valence-electron chi connectivity index (χ3n) is 2.83. The molecule has 100 valence electrons. The van der Waals surface area contributed by atoms with Crippen LogP contribution in [0.3, 0.4) is 0 Å². The van der Waals surface area contributed by atoms with Gasteiger partial charge in [0.05, 0.1) is 11.6 Å². The molecule has 0 amide bonds. The largest absolute Gasteiger partial charge is 0.489 e. The van der Waals surface area contributed by atoms with Gasteiger partial charge in [0.2, 0.25) is 5.95 Å². The topological polar surface area (TPSA) is 52.3 Å². The van der Waals surface area contributed by atoms with Crippen molar-refractivity contribution in [1.82, 2.24) is 4.98 Å². The van der Waals surface area contributed by atoms with Crippen molar-refractivity contribution in [3.8, 4) is 5.75 Å². The van der Waals surface area contributed by atoms with Gasteiger partial charge in [0, 0.05) is 17.8 Å². The summed E-state index contributed by atoms with van der Waals surface area (Å²) in [6.07, 6.45) is 2.76. The van der Waals surface area contributed by atoms with Gasteiger partial charge in [0.25, 0.3) is 0 Å². The molecule has 0 spiro atoms. The van der Waals surface area contributed by atoms with Crippen LogP contribution in [0.25, 0.3) is 11.0 Å². The van der Waals surface area contributed by atoms with E-state index in [0.717, 1.165) is 5.56 Å². The Labute approximate surface area is 113 Å². The van der Waals surface area contributed by atoms with Crippen LogP contribution in [-0.2, 0) is 6.61 Å². The Kier molecular flexibility index (Phi) is 3.16. The molecular formula is C15H10FNO3. The summed E-state index contributed by atoms with van der Waals surface area (Å²) < 4.78 is 23.4. The summed E-state index contributed by atoms with van der Waals surface area (Å²) in [6, 6.07) is 9.23. The lowest BCUT2D eigenvalue weighted by Gasteiger charge is -2.06. The second kappa shape index (κ2) is 5.13.